The predicted molar refractivity (Wildman–Crippen MR) is 64.3 cm³/mol. The molecule has 6 nitrogen and oxygen atoms in total. The second-order valence-corrected chi connectivity index (χ2v) is 3.45. The van der Waals surface area contributed by atoms with Crippen LogP contribution in [-0.4, -0.2) is 25.7 Å². The average molecular weight is 233 g/mol. The molecule has 90 valence electrons. The molecule has 2 rings (SSSR count). The van der Waals surface area contributed by atoms with Gasteiger partial charge in [-0.25, -0.2) is 4.98 Å². The quantitative estimate of drug-likeness (QED) is 0.802. The van der Waals surface area contributed by atoms with E-state index in [9.17, 15) is 4.79 Å². The van der Waals surface area contributed by atoms with E-state index in [1.54, 1.807) is 13.2 Å². The van der Waals surface area contributed by atoms with E-state index in [0.717, 1.165) is 0 Å². The van der Waals surface area contributed by atoms with E-state index in [1.165, 1.54) is 23.5 Å². The van der Waals surface area contributed by atoms with E-state index in [2.05, 4.69) is 20.4 Å². The minimum absolute atomic E-state index is 0.161. The van der Waals surface area contributed by atoms with Gasteiger partial charge in [-0.15, -0.1) is 5.10 Å². The third-order valence-electron chi connectivity index (χ3n) is 1.70. The molecule has 0 aromatic carbocycles. The molecule has 2 heterocycles. The average Bonchev–Trinajstić information content (AvgIpc) is 2.65. The standard InChI is InChI=1S/C6H7N.C5H8N4O/c1-6-3-2-4-7-5-6;1-4(10)7-5-6-3-9(2)8-5/h2-5H,1H3;3H,1-2H3,(H,7,8,10). The van der Waals surface area contributed by atoms with E-state index in [4.69, 9.17) is 0 Å². The molecule has 2 aromatic heterocycles. The first-order valence-electron chi connectivity index (χ1n) is 5.08. The number of carbonyl (C=O) groups is 1. The maximum absolute atomic E-state index is 10.4. The maximum Gasteiger partial charge on any atom is 0.248 e. The van der Waals surface area contributed by atoms with Gasteiger partial charge in [0, 0.05) is 26.4 Å². The largest absolute Gasteiger partial charge is 0.293 e. The van der Waals surface area contributed by atoms with Crippen LogP contribution in [0.2, 0.25) is 0 Å². The molecule has 1 amide bonds. The van der Waals surface area contributed by atoms with Crippen molar-refractivity contribution < 1.29 is 4.79 Å². The van der Waals surface area contributed by atoms with E-state index < -0.39 is 0 Å². The van der Waals surface area contributed by atoms with Gasteiger partial charge in [-0.05, 0) is 18.6 Å². The van der Waals surface area contributed by atoms with E-state index in [0.29, 0.717) is 5.95 Å². The molecule has 0 bridgehead atoms. The molecule has 0 fully saturated rings. The molecule has 0 aliphatic heterocycles. The molecule has 0 unspecified atom stereocenters. The van der Waals surface area contributed by atoms with Crippen molar-refractivity contribution in [2.45, 2.75) is 13.8 Å². The Labute approximate surface area is 99.7 Å². The van der Waals surface area contributed by atoms with Crippen molar-refractivity contribution in [1.29, 1.82) is 0 Å². The molecule has 0 spiro atoms. The van der Waals surface area contributed by atoms with Gasteiger partial charge in [0.25, 0.3) is 0 Å². The highest BCUT2D eigenvalue weighted by atomic mass is 16.1. The highest BCUT2D eigenvalue weighted by Gasteiger charge is 1.97. The van der Waals surface area contributed by atoms with Crippen LogP contribution in [0.5, 0.6) is 0 Å². The number of aromatic nitrogens is 4. The van der Waals surface area contributed by atoms with Crippen LogP contribution >= 0.6 is 0 Å². The van der Waals surface area contributed by atoms with Gasteiger partial charge in [0.2, 0.25) is 11.9 Å². The molecular formula is C11H15N5O. The van der Waals surface area contributed by atoms with Crippen molar-refractivity contribution in [3.05, 3.63) is 36.4 Å². The second kappa shape index (κ2) is 6.37. The van der Waals surface area contributed by atoms with Gasteiger partial charge >= 0.3 is 0 Å². The summed E-state index contributed by atoms with van der Waals surface area (Å²) >= 11 is 0. The molecule has 6 heteroatoms. The minimum Gasteiger partial charge on any atom is -0.293 e. The lowest BCUT2D eigenvalue weighted by molar-refractivity contribution is -0.114. The Hall–Kier alpha value is -2.24. The minimum atomic E-state index is -0.161. The molecular weight excluding hydrogens is 218 g/mol. The van der Waals surface area contributed by atoms with Gasteiger partial charge in [0.05, 0.1) is 0 Å². The number of hydrogen-bond acceptors (Lipinski definition) is 4. The highest BCUT2D eigenvalue weighted by molar-refractivity contribution is 5.86. The molecule has 0 radical (unpaired) electrons. The fourth-order valence-corrected chi connectivity index (χ4v) is 1.00. The monoisotopic (exact) mass is 233 g/mol. The number of carbonyl (C=O) groups excluding carboxylic acids is 1. The SMILES string of the molecule is CC(=O)Nc1ncn(C)n1.Cc1cccnc1. The summed E-state index contributed by atoms with van der Waals surface area (Å²) in [6, 6.07) is 3.95. The number of nitrogens with zero attached hydrogens (tertiary/aromatic N) is 4. The van der Waals surface area contributed by atoms with Crippen molar-refractivity contribution in [2.24, 2.45) is 7.05 Å². The van der Waals surface area contributed by atoms with Crippen LogP contribution in [0.1, 0.15) is 12.5 Å². The third-order valence-corrected chi connectivity index (χ3v) is 1.70. The van der Waals surface area contributed by atoms with Crippen LogP contribution in [0.3, 0.4) is 0 Å². The van der Waals surface area contributed by atoms with Gasteiger partial charge in [-0.2, -0.15) is 0 Å². The Kier molecular flexibility index (Phi) is 4.80. The fourth-order valence-electron chi connectivity index (χ4n) is 1.00. The van der Waals surface area contributed by atoms with Crippen LogP contribution in [0.25, 0.3) is 0 Å². The Morgan fingerprint density at radius 3 is 2.59 bits per heavy atom. The molecule has 17 heavy (non-hydrogen) atoms. The number of nitrogens with one attached hydrogen (secondary N) is 1. The van der Waals surface area contributed by atoms with Crippen molar-refractivity contribution in [2.75, 3.05) is 5.32 Å². The predicted octanol–water partition coefficient (Wildman–Crippen LogP) is 1.16. The van der Waals surface area contributed by atoms with Crippen molar-refractivity contribution >= 4 is 11.9 Å². The lowest BCUT2D eigenvalue weighted by Crippen LogP contribution is -2.07. The number of pyridine rings is 1. The third kappa shape index (κ3) is 5.41. The van der Waals surface area contributed by atoms with Crippen LogP contribution in [-0.2, 0) is 11.8 Å². The highest BCUT2D eigenvalue weighted by Crippen LogP contribution is 1.92. The maximum atomic E-state index is 10.4. The summed E-state index contributed by atoms with van der Waals surface area (Å²) < 4.78 is 1.52. The van der Waals surface area contributed by atoms with Crippen LogP contribution in [0.15, 0.2) is 30.9 Å². The number of amides is 1. The second-order valence-electron chi connectivity index (χ2n) is 3.45. The molecule has 0 atom stereocenters. The number of rotatable bonds is 1. The number of anilines is 1. The van der Waals surface area contributed by atoms with Crippen LogP contribution in [0, 0.1) is 6.92 Å². The van der Waals surface area contributed by atoms with E-state index in [-0.39, 0.29) is 5.91 Å². The van der Waals surface area contributed by atoms with Crippen molar-refractivity contribution in [1.82, 2.24) is 19.7 Å². The zero-order chi connectivity index (χ0) is 12.7. The van der Waals surface area contributed by atoms with Crippen molar-refractivity contribution in [3.8, 4) is 0 Å². The van der Waals surface area contributed by atoms with E-state index >= 15 is 0 Å². The summed E-state index contributed by atoms with van der Waals surface area (Å²) in [5, 5.41) is 6.27. The lowest BCUT2D eigenvalue weighted by Gasteiger charge is -1.90. The summed E-state index contributed by atoms with van der Waals surface area (Å²) in [5.74, 6) is 0.182. The molecule has 0 saturated carbocycles. The normalized spacial score (nSPS) is 9.12. The lowest BCUT2D eigenvalue weighted by atomic mass is 10.3. The van der Waals surface area contributed by atoms with Gasteiger partial charge in [0.1, 0.15) is 6.33 Å². The Balaban J connectivity index is 0.000000181. The number of aryl methyl sites for hydroxylation is 2. The van der Waals surface area contributed by atoms with Crippen LogP contribution < -0.4 is 5.32 Å². The first-order valence-corrected chi connectivity index (χ1v) is 5.08. The summed E-state index contributed by atoms with van der Waals surface area (Å²) in [7, 11) is 1.73. The zero-order valence-electron chi connectivity index (χ0n) is 10.1. The molecule has 1 N–H and O–H groups in total. The molecule has 0 saturated heterocycles. The zero-order valence-corrected chi connectivity index (χ0v) is 10.1. The number of hydrogen-bond donors (Lipinski definition) is 1. The van der Waals surface area contributed by atoms with Crippen molar-refractivity contribution in [3.63, 3.8) is 0 Å². The molecule has 0 aliphatic carbocycles. The first kappa shape index (κ1) is 12.8. The van der Waals surface area contributed by atoms with Gasteiger partial charge in [-0.3, -0.25) is 19.8 Å². The summed E-state index contributed by atoms with van der Waals surface area (Å²) in [5.41, 5.74) is 1.21. The van der Waals surface area contributed by atoms with Gasteiger partial charge in [-0.1, -0.05) is 6.07 Å². The van der Waals surface area contributed by atoms with Crippen LogP contribution in [0.4, 0.5) is 5.95 Å². The Morgan fingerprint density at radius 1 is 1.47 bits per heavy atom. The summed E-state index contributed by atoms with van der Waals surface area (Å²) in [6.45, 7) is 3.43. The Bertz CT molecular complexity index is 466. The first-order chi connectivity index (χ1) is 8.08. The van der Waals surface area contributed by atoms with Gasteiger partial charge in [0.15, 0.2) is 0 Å². The van der Waals surface area contributed by atoms with E-state index in [1.807, 2.05) is 25.3 Å². The summed E-state index contributed by atoms with van der Waals surface area (Å²) in [4.78, 5) is 18.1. The molecule has 2 aromatic rings. The smallest absolute Gasteiger partial charge is 0.248 e. The molecule has 0 aliphatic rings. The van der Waals surface area contributed by atoms with Gasteiger partial charge < -0.3 is 0 Å². The Morgan fingerprint density at radius 2 is 2.24 bits per heavy atom. The topological polar surface area (TPSA) is 72.7 Å². The summed E-state index contributed by atoms with van der Waals surface area (Å²) in [6.07, 6.45) is 5.12. The fraction of sp³-hybridized carbons (Fsp3) is 0.273.